The Morgan fingerprint density at radius 1 is 1.40 bits per heavy atom. The van der Waals surface area contributed by atoms with Gasteiger partial charge in [0.15, 0.2) is 14.9 Å². The number of methoxy groups -OCH3 is 1. The Bertz CT molecular complexity index is 620. The first-order valence-corrected chi connectivity index (χ1v) is 7.42. The van der Waals surface area contributed by atoms with Crippen LogP contribution in [-0.4, -0.2) is 45.2 Å². The smallest absolute Gasteiger partial charge is 0.330 e. The third-order valence-corrected chi connectivity index (χ3v) is 3.22. The van der Waals surface area contributed by atoms with Gasteiger partial charge in [-0.3, -0.25) is 4.79 Å². The number of carbonyl (C=O) groups excluding carboxylic acids is 2. The number of carbonyl (C=O) groups is 2. The Morgan fingerprint density at radius 3 is 2.60 bits per heavy atom. The van der Waals surface area contributed by atoms with Gasteiger partial charge in [0.2, 0.25) is 0 Å². The molecule has 20 heavy (non-hydrogen) atoms. The molecule has 0 bridgehead atoms. The van der Waals surface area contributed by atoms with Crippen LogP contribution in [0.15, 0.2) is 35.5 Å². The summed E-state index contributed by atoms with van der Waals surface area (Å²) >= 11 is 0. The highest BCUT2D eigenvalue weighted by atomic mass is 32.2. The minimum absolute atomic E-state index is 0.0976. The number of pyridine rings is 1. The van der Waals surface area contributed by atoms with Gasteiger partial charge < -0.3 is 10.1 Å². The molecule has 0 fully saturated rings. The maximum absolute atomic E-state index is 11.7. The zero-order chi connectivity index (χ0) is 15.2. The lowest BCUT2D eigenvalue weighted by Crippen LogP contribution is -2.23. The lowest BCUT2D eigenvalue weighted by atomic mass is 10.3. The van der Waals surface area contributed by atoms with E-state index in [4.69, 9.17) is 0 Å². The average molecular weight is 298 g/mol. The van der Waals surface area contributed by atoms with E-state index in [0.717, 1.165) is 6.26 Å². The van der Waals surface area contributed by atoms with Crippen LogP contribution in [0.25, 0.3) is 0 Å². The highest BCUT2D eigenvalue weighted by Gasteiger charge is 2.10. The number of ether oxygens (including phenoxy) is 1. The van der Waals surface area contributed by atoms with Crippen molar-refractivity contribution in [3.63, 3.8) is 0 Å². The molecular formula is C12H14N2O5S. The van der Waals surface area contributed by atoms with Crippen LogP contribution >= 0.6 is 0 Å². The minimum atomic E-state index is -3.38. The van der Waals surface area contributed by atoms with E-state index in [-0.39, 0.29) is 17.1 Å². The number of nitrogens with one attached hydrogen (secondary N) is 1. The third-order valence-electron chi connectivity index (χ3n) is 2.21. The Labute approximate surface area is 116 Å². The van der Waals surface area contributed by atoms with Gasteiger partial charge in [-0.2, -0.15) is 0 Å². The number of nitrogens with zero attached hydrogens (tertiary/aromatic N) is 1. The second-order valence-corrected chi connectivity index (χ2v) is 5.76. The number of sulfone groups is 1. The predicted octanol–water partition coefficient (Wildman–Crippen LogP) is -0.0559. The standard InChI is InChI=1S/C12H14N2O5S/c1-19-11(15)4-3-7-13-12(16)9-5-6-10(14-8-9)20(2,17)18/h3-6,8H,7H2,1-2H3,(H,13,16)/b4-3+. The molecule has 0 aliphatic carbocycles. The van der Waals surface area contributed by atoms with Crippen molar-refractivity contribution < 1.29 is 22.7 Å². The molecule has 0 spiro atoms. The summed E-state index contributed by atoms with van der Waals surface area (Å²) in [7, 11) is -2.13. The number of esters is 1. The summed E-state index contributed by atoms with van der Waals surface area (Å²) in [6, 6.07) is 2.62. The summed E-state index contributed by atoms with van der Waals surface area (Å²) in [5.41, 5.74) is 0.226. The second-order valence-electron chi connectivity index (χ2n) is 3.79. The van der Waals surface area contributed by atoms with E-state index in [9.17, 15) is 18.0 Å². The second kappa shape index (κ2) is 6.80. The lowest BCUT2D eigenvalue weighted by Gasteiger charge is -2.03. The van der Waals surface area contributed by atoms with Crippen LogP contribution in [0.3, 0.4) is 0 Å². The highest BCUT2D eigenvalue weighted by Crippen LogP contribution is 2.06. The number of rotatable bonds is 5. The van der Waals surface area contributed by atoms with Gasteiger partial charge in [0.05, 0.1) is 12.7 Å². The molecule has 8 heteroatoms. The lowest BCUT2D eigenvalue weighted by molar-refractivity contribution is -0.134. The maximum Gasteiger partial charge on any atom is 0.330 e. The summed E-state index contributed by atoms with van der Waals surface area (Å²) in [6.07, 6.45) is 4.83. The summed E-state index contributed by atoms with van der Waals surface area (Å²) in [5, 5.41) is 2.42. The Hall–Kier alpha value is -2.22. The van der Waals surface area contributed by atoms with E-state index >= 15 is 0 Å². The summed E-state index contributed by atoms with van der Waals surface area (Å²) in [5.74, 6) is -0.939. The minimum Gasteiger partial charge on any atom is -0.466 e. The number of aromatic nitrogens is 1. The average Bonchev–Trinajstić information content (AvgIpc) is 2.42. The van der Waals surface area contributed by atoms with Crippen molar-refractivity contribution >= 4 is 21.7 Å². The SMILES string of the molecule is COC(=O)/C=C/CNC(=O)c1ccc(S(C)(=O)=O)nc1. The fraction of sp³-hybridized carbons (Fsp3) is 0.250. The van der Waals surface area contributed by atoms with Gasteiger partial charge in [-0.15, -0.1) is 0 Å². The topological polar surface area (TPSA) is 102 Å². The fourth-order valence-corrected chi connectivity index (χ4v) is 1.77. The van der Waals surface area contributed by atoms with Crippen molar-refractivity contribution in [2.24, 2.45) is 0 Å². The number of amides is 1. The maximum atomic E-state index is 11.7. The third kappa shape index (κ3) is 4.81. The summed E-state index contributed by atoms with van der Waals surface area (Å²) in [6.45, 7) is 0.141. The Kier molecular flexibility index (Phi) is 5.39. The monoisotopic (exact) mass is 298 g/mol. The molecule has 0 aromatic carbocycles. The first kappa shape index (κ1) is 15.8. The van der Waals surface area contributed by atoms with E-state index in [1.165, 1.54) is 37.6 Å². The first-order chi connectivity index (χ1) is 9.34. The van der Waals surface area contributed by atoms with Crippen LogP contribution in [0.5, 0.6) is 0 Å². The molecule has 0 unspecified atom stereocenters. The largest absolute Gasteiger partial charge is 0.466 e. The number of hydrogen-bond donors (Lipinski definition) is 1. The molecule has 1 rings (SSSR count). The molecule has 0 atom stereocenters. The molecule has 0 aliphatic rings. The van der Waals surface area contributed by atoms with Crippen LogP contribution in [0.1, 0.15) is 10.4 Å². The molecular weight excluding hydrogens is 284 g/mol. The molecule has 7 nitrogen and oxygen atoms in total. The van der Waals surface area contributed by atoms with Gasteiger partial charge in [-0.25, -0.2) is 18.2 Å². The van der Waals surface area contributed by atoms with E-state index in [1.54, 1.807) is 0 Å². The number of hydrogen-bond acceptors (Lipinski definition) is 6. The van der Waals surface area contributed by atoms with Gasteiger partial charge >= 0.3 is 5.97 Å². The van der Waals surface area contributed by atoms with Crippen molar-refractivity contribution in [1.82, 2.24) is 10.3 Å². The normalized spacial score (nSPS) is 11.3. The van der Waals surface area contributed by atoms with Gasteiger partial charge in [-0.05, 0) is 12.1 Å². The van der Waals surface area contributed by atoms with Gasteiger partial charge in [-0.1, -0.05) is 6.08 Å². The summed E-state index contributed by atoms with van der Waals surface area (Å²) < 4.78 is 26.8. The van der Waals surface area contributed by atoms with Crippen LogP contribution in [0, 0.1) is 0 Å². The fourth-order valence-electron chi connectivity index (χ4n) is 1.21. The van der Waals surface area contributed by atoms with Crippen LogP contribution in [-0.2, 0) is 19.4 Å². The van der Waals surface area contributed by atoms with E-state index in [2.05, 4.69) is 15.0 Å². The van der Waals surface area contributed by atoms with Gasteiger partial charge in [0, 0.05) is 25.1 Å². The Morgan fingerprint density at radius 2 is 2.10 bits per heavy atom. The van der Waals surface area contributed by atoms with Crippen molar-refractivity contribution in [1.29, 1.82) is 0 Å². The van der Waals surface area contributed by atoms with Crippen LogP contribution in [0.2, 0.25) is 0 Å². The molecule has 0 saturated carbocycles. The molecule has 0 aliphatic heterocycles. The van der Waals surface area contributed by atoms with E-state index in [0.29, 0.717) is 0 Å². The zero-order valence-corrected chi connectivity index (χ0v) is 11.8. The van der Waals surface area contributed by atoms with Gasteiger partial charge in [0.1, 0.15) is 0 Å². The first-order valence-electron chi connectivity index (χ1n) is 5.53. The molecule has 1 aromatic rings. The molecule has 1 amide bonds. The van der Waals surface area contributed by atoms with Crippen molar-refractivity contribution in [2.45, 2.75) is 5.03 Å². The van der Waals surface area contributed by atoms with Gasteiger partial charge in [0.25, 0.3) is 5.91 Å². The quantitative estimate of drug-likeness (QED) is 0.603. The molecule has 1 aromatic heterocycles. The molecule has 1 heterocycles. The molecule has 0 radical (unpaired) electrons. The van der Waals surface area contributed by atoms with Crippen LogP contribution in [0.4, 0.5) is 0 Å². The molecule has 108 valence electrons. The van der Waals surface area contributed by atoms with E-state index < -0.39 is 21.7 Å². The van der Waals surface area contributed by atoms with Crippen molar-refractivity contribution in [2.75, 3.05) is 19.9 Å². The Balaban J connectivity index is 2.61. The molecule has 1 N–H and O–H groups in total. The predicted molar refractivity (Wildman–Crippen MR) is 70.8 cm³/mol. The van der Waals surface area contributed by atoms with Crippen LogP contribution < -0.4 is 5.32 Å². The van der Waals surface area contributed by atoms with Crippen molar-refractivity contribution in [3.05, 3.63) is 36.0 Å². The summed E-state index contributed by atoms with van der Waals surface area (Å²) in [4.78, 5) is 26.1. The zero-order valence-electron chi connectivity index (χ0n) is 11.0. The molecule has 0 saturated heterocycles. The highest BCUT2D eigenvalue weighted by molar-refractivity contribution is 7.90. The van der Waals surface area contributed by atoms with Crippen molar-refractivity contribution in [3.8, 4) is 0 Å². The van der Waals surface area contributed by atoms with E-state index in [1.807, 2.05) is 0 Å².